The van der Waals surface area contributed by atoms with Crippen LogP contribution in [0.25, 0.3) is 0 Å². The number of rotatable bonds is 6. The Kier molecular flexibility index (Phi) is 7.66. The Morgan fingerprint density at radius 1 is 1.38 bits per heavy atom. The highest BCUT2D eigenvalue weighted by Crippen LogP contribution is 2.06. The van der Waals surface area contributed by atoms with Crippen LogP contribution in [-0.2, 0) is 0 Å². The smallest absolute Gasteiger partial charge is 0.0227 e. The average molecular weight is 181 g/mol. The molecule has 0 aromatic heterocycles. The molecule has 0 radical (unpaired) electrons. The molecule has 0 aliphatic rings. The molecule has 1 heteroatoms. The fourth-order valence-corrected chi connectivity index (χ4v) is 1.07. The van der Waals surface area contributed by atoms with Crippen molar-refractivity contribution in [2.75, 3.05) is 0 Å². The van der Waals surface area contributed by atoms with Gasteiger partial charge in [-0.2, -0.15) is 0 Å². The van der Waals surface area contributed by atoms with Crippen molar-refractivity contribution in [1.29, 1.82) is 0 Å². The summed E-state index contributed by atoms with van der Waals surface area (Å²) >= 11 is 0. The van der Waals surface area contributed by atoms with Gasteiger partial charge in [-0.25, -0.2) is 0 Å². The summed E-state index contributed by atoms with van der Waals surface area (Å²) in [6.45, 7) is 8.77. The molecule has 76 valence electrons. The highest BCUT2D eigenvalue weighted by molar-refractivity contribution is 5.82. The summed E-state index contributed by atoms with van der Waals surface area (Å²) in [6, 6.07) is 0. The molecule has 0 aliphatic heterocycles. The van der Waals surface area contributed by atoms with Crippen molar-refractivity contribution in [1.82, 2.24) is 0 Å². The van der Waals surface area contributed by atoms with Crippen molar-refractivity contribution in [3.8, 4) is 0 Å². The lowest BCUT2D eigenvalue weighted by molar-refractivity contribution is 0.571. The van der Waals surface area contributed by atoms with E-state index in [-0.39, 0.29) is 0 Å². The predicted molar refractivity (Wildman–Crippen MR) is 61.2 cm³/mol. The normalized spacial score (nSPS) is 15.2. The summed E-state index contributed by atoms with van der Waals surface area (Å²) in [6.07, 6.45) is 8.84. The van der Waals surface area contributed by atoms with E-state index >= 15 is 0 Å². The van der Waals surface area contributed by atoms with Gasteiger partial charge >= 0.3 is 0 Å². The van der Waals surface area contributed by atoms with Crippen molar-refractivity contribution < 1.29 is 0 Å². The molecule has 0 unspecified atom stereocenters. The van der Waals surface area contributed by atoms with Crippen LogP contribution < -0.4 is 0 Å². The second-order valence-corrected chi connectivity index (χ2v) is 3.75. The van der Waals surface area contributed by atoms with E-state index in [4.69, 9.17) is 0 Å². The van der Waals surface area contributed by atoms with Crippen LogP contribution in [0.2, 0.25) is 0 Å². The maximum Gasteiger partial charge on any atom is 0.0227 e. The molecule has 0 amide bonds. The van der Waals surface area contributed by atoms with E-state index in [0.29, 0.717) is 0 Å². The number of hydrogen-bond donors (Lipinski definition) is 0. The first-order valence-corrected chi connectivity index (χ1v) is 5.39. The van der Waals surface area contributed by atoms with E-state index in [1.807, 2.05) is 6.20 Å². The molecular weight excluding hydrogens is 158 g/mol. The standard InChI is InChI=1S/C12H23N/c1-5-8-12(4)13-10-7-9-11(3)6-2/h7,10-11H,5-6,8-9H2,1-4H3/b10-7-,13-12?/t11-/m1/s1. The third-order valence-electron chi connectivity index (χ3n) is 2.25. The molecule has 0 heterocycles. The summed E-state index contributed by atoms with van der Waals surface area (Å²) in [5, 5.41) is 0. The van der Waals surface area contributed by atoms with Crippen molar-refractivity contribution >= 4 is 5.71 Å². The average Bonchev–Trinajstić information content (AvgIpc) is 2.12. The summed E-state index contributed by atoms with van der Waals surface area (Å²) in [5.41, 5.74) is 1.24. The molecule has 0 saturated carbocycles. The molecule has 0 aromatic rings. The molecule has 1 nitrogen and oxygen atoms in total. The maximum absolute atomic E-state index is 4.36. The Hall–Kier alpha value is -0.590. The van der Waals surface area contributed by atoms with Crippen molar-refractivity contribution in [3.05, 3.63) is 12.3 Å². The monoisotopic (exact) mass is 181 g/mol. The van der Waals surface area contributed by atoms with Gasteiger partial charge in [0.2, 0.25) is 0 Å². The lowest BCUT2D eigenvalue weighted by Crippen LogP contribution is -1.89. The largest absolute Gasteiger partial charge is 0.266 e. The van der Waals surface area contributed by atoms with E-state index in [0.717, 1.165) is 18.8 Å². The van der Waals surface area contributed by atoms with Gasteiger partial charge in [-0.1, -0.05) is 39.7 Å². The molecule has 13 heavy (non-hydrogen) atoms. The third-order valence-corrected chi connectivity index (χ3v) is 2.25. The van der Waals surface area contributed by atoms with Gasteiger partial charge in [0.1, 0.15) is 0 Å². The van der Waals surface area contributed by atoms with Gasteiger partial charge in [-0.15, -0.1) is 0 Å². The first kappa shape index (κ1) is 12.4. The molecule has 1 atom stereocenters. The van der Waals surface area contributed by atoms with Crippen LogP contribution in [0.1, 0.15) is 53.4 Å². The lowest BCUT2D eigenvalue weighted by Gasteiger charge is -2.01. The van der Waals surface area contributed by atoms with Gasteiger partial charge in [0.05, 0.1) is 0 Å². The summed E-state index contributed by atoms with van der Waals surface area (Å²) in [7, 11) is 0. The Morgan fingerprint density at radius 2 is 2.08 bits per heavy atom. The van der Waals surface area contributed by atoms with Crippen molar-refractivity contribution in [3.63, 3.8) is 0 Å². The van der Waals surface area contributed by atoms with Crippen LogP contribution in [0.5, 0.6) is 0 Å². The van der Waals surface area contributed by atoms with Crippen LogP contribution in [0, 0.1) is 5.92 Å². The molecule has 0 aromatic carbocycles. The minimum absolute atomic E-state index is 0.790. The maximum atomic E-state index is 4.36. The first-order valence-electron chi connectivity index (χ1n) is 5.39. The van der Waals surface area contributed by atoms with Crippen LogP contribution >= 0.6 is 0 Å². The lowest BCUT2D eigenvalue weighted by atomic mass is 10.1. The topological polar surface area (TPSA) is 12.4 Å². The van der Waals surface area contributed by atoms with Gasteiger partial charge in [-0.3, -0.25) is 4.99 Å². The molecule has 0 bridgehead atoms. The summed E-state index contributed by atoms with van der Waals surface area (Å²) < 4.78 is 0. The molecule has 0 aliphatic carbocycles. The van der Waals surface area contributed by atoms with E-state index < -0.39 is 0 Å². The van der Waals surface area contributed by atoms with Gasteiger partial charge in [-0.05, 0) is 25.7 Å². The van der Waals surface area contributed by atoms with Crippen LogP contribution in [-0.4, -0.2) is 5.71 Å². The quantitative estimate of drug-likeness (QED) is 0.545. The van der Waals surface area contributed by atoms with Crippen LogP contribution in [0.3, 0.4) is 0 Å². The molecular formula is C12H23N. The van der Waals surface area contributed by atoms with Crippen molar-refractivity contribution in [2.45, 2.75) is 53.4 Å². The number of aliphatic imine (C=N–C) groups is 1. The van der Waals surface area contributed by atoms with Gasteiger partial charge < -0.3 is 0 Å². The highest BCUT2D eigenvalue weighted by atomic mass is 14.7. The molecule has 0 saturated heterocycles. The molecule has 0 rings (SSSR count). The zero-order chi connectivity index (χ0) is 10.1. The number of nitrogens with zero attached hydrogens (tertiary/aromatic N) is 1. The zero-order valence-corrected chi connectivity index (χ0v) is 9.51. The van der Waals surface area contributed by atoms with Crippen molar-refractivity contribution in [2.24, 2.45) is 10.9 Å². The van der Waals surface area contributed by atoms with E-state index in [9.17, 15) is 0 Å². The minimum atomic E-state index is 0.790. The molecule has 0 spiro atoms. The summed E-state index contributed by atoms with van der Waals surface area (Å²) in [4.78, 5) is 4.36. The predicted octanol–water partition coefficient (Wildman–Crippen LogP) is 4.20. The van der Waals surface area contributed by atoms with E-state index in [1.165, 1.54) is 18.6 Å². The number of allylic oxidation sites excluding steroid dienone is 1. The Bertz CT molecular complexity index is 168. The second kappa shape index (κ2) is 8.03. The van der Waals surface area contributed by atoms with Gasteiger partial charge in [0, 0.05) is 11.9 Å². The third kappa shape index (κ3) is 7.76. The van der Waals surface area contributed by atoms with Gasteiger partial charge in [0.25, 0.3) is 0 Å². The van der Waals surface area contributed by atoms with Crippen LogP contribution in [0.15, 0.2) is 17.3 Å². The van der Waals surface area contributed by atoms with Crippen LogP contribution in [0.4, 0.5) is 0 Å². The molecule has 0 fully saturated rings. The minimum Gasteiger partial charge on any atom is -0.266 e. The zero-order valence-electron chi connectivity index (χ0n) is 9.51. The first-order chi connectivity index (χ1) is 6.20. The van der Waals surface area contributed by atoms with E-state index in [1.54, 1.807) is 0 Å². The Morgan fingerprint density at radius 3 is 2.62 bits per heavy atom. The summed E-state index contributed by atoms with van der Waals surface area (Å²) in [5.74, 6) is 0.790. The van der Waals surface area contributed by atoms with E-state index in [2.05, 4.69) is 38.8 Å². The Balaban J connectivity index is 3.66. The SMILES string of the molecule is CCCC(C)=N/C=C\C[C@H](C)CC. The Labute approximate surface area is 83.0 Å². The number of hydrogen-bond acceptors (Lipinski definition) is 1. The fraction of sp³-hybridized carbons (Fsp3) is 0.750. The molecule has 0 N–H and O–H groups in total. The van der Waals surface area contributed by atoms with Gasteiger partial charge in [0.15, 0.2) is 0 Å². The second-order valence-electron chi connectivity index (χ2n) is 3.75. The fourth-order valence-electron chi connectivity index (χ4n) is 1.07. The highest BCUT2D eigenvalue weighted by Gasteiger charge is 1.92.